The van der Waals surface area contributed by atoms with Crippen LogP contribution in [0.5, 0.6) is 28.7 Å². The number of pyridine rings is 1. The fourth-order valence-corrected chi connectivity index (χ4v) is 7.13. The first kappa shape index (κ1) is 40.7. The van der Waals surface area contributed by atoms with Gasteiger partial charge in [-0.05, 0) is 123 Å². The molecule has 3 amide bonds. The Labute approximate surface area is 349 Å². The van der Waals surface area contributed by atoms with E-state index in [1.807, 2.05) is 107 Å². The molecular formula is C46H48Cl2N4O6. The number of ether oxygens (including phenoxy) is 4. The number of halogens is 2. The molecule has 10 nitrogen and oxygen atoms in total. The molecule has 4 aromatic carbocycles. The van der Waals surface area contributed by atoms with Gasteiger partial charge in [0, 0.05) is 42.5 Å². The largest absolute Gasteiger partial charge is 0.489 e. The maximum absolute atomic E-state index is 13.9. The number of nitrogens with one attached hydrogen (secondary N) is 2. The number of rotatable bonds is 12. The third-order valence-electron chi connectivity index (χ3n) is 10.9. The first-order valence-corrected chi connectivity index (χ1v) is 20.3. The summed E-state index contributed by atoms with van der Waals surface area (Å²) >= 11 is 12.2. The zero-order chi connectivity index (χ0) is 41.0. The second-order valence-electron chi connectivity index (χ2n) is 15.4. The van der Waals surface area contributed by atoms with E-state index in [-0.39, 0.29) is 24.6 Å². The highest BCUT2D eigenvalue weighted by atomic mass is 35.5. The number of hydrogen-bond donors (Lipinski definition) is 2. The Hall–Kier alpha value is -5.45. The lowest BCUT2D eigenvalue weighted by Gasteiger charge is -2.39. The Kier molecular flexibility index (Phi) is 12.4. The van der Waals surface area contributed by atoms with Crippen molar-refractivity contribution in [2.45, 2.75) is 84.7 Å². The van der Waals surface area contributed by atoms with Gasteiger partial charge in [0.15, 0.2) is 17.6 Å². The average molecular weight is 824 g/mol. The number of urea groups is 1. The number of nitrogens with zero attached hydrogens (tertiary/aromatic N) is 2. The van der Waals surface area contributed by atoms with Gasteiger partial charge in [0.2, 0.25) is 5.91 Å². The SMILES string of the molecule is CCC(C)(C)NC(=O)N1Cc2cc3c(cc2C[C@H]1C(=O)NCCc1ccc(Oc2ccnc(C)c2C)cc1)OC[C@H](c1ccc(OCc2ccc(Cl)c(Cl)c2)cc1)O3. The number of carbonyl (C=O) groups is 2. The number of carbonyl (C=O) groups excluding carboxylic acids is 2. The normalized spacial score (nSPS) is 15.9. The minimum Gasteiger partial charge on any atom is -0.489 e. The second kappa shape index (κ2) is 17.6. The van der Waals surface area contributed by atoms with Crippen LogP contribution in [-0.4, -0.2) is 46.6 Å². The molecule has 2 aliphatic heterocycles. The smallest absolute Gasteiger partial charge is 0.318 e. The fourth-order valence-electron chi connectivity index (χ4n) is 6.81. The van der Waals surface area contributed by atoms with Crippen LogP contribution in [0.15, 0.2) is 91.1 Å². The fraction of sp³-hybridized carbons (Fsp3) is 0.326. The summed E-state index contributed by atoms with van der Waals surface area (Å²) in [6, 6.07) is 25.7. The highest BCUT2D eigenvalue weighted by Crippen LogP contribution is 2.41. The monoisotopic (exact) mass is 822 g/mol. The molecule has 1 aromatic heterocycles. The third-order valence-corrected chi connectivity index (χ3v) is 11.6. The van der Waals surface area contributed by atoms with Crippen molar-refractivity contribution in [2.24, 2.45) is 0 Å². The first-order valence-electron chi connectivity index (χ1n) is 19.5. The van der Waals surface area contributed by atoms with Gasteiger partial charge in [-0.25, -0.2) is 4.79 Å². The molecule has 7 rings (SSSR count). The van der Waals surface area contributed by atoms with Crippen LogP contribution in [-0.2, 0) is 30.8 Å². The van der Waals surface area contributed by atoms with Crippen molar-refractivity contribution in [3.63, 3.8) is 0 Å². The van der Waals surface area contributed by atoms with Crippen LogP contribution in [0.4, 0.5) is 4.79 Å². The van der Waals surface area contributed by atoms with Gasteiger partial charge in [0.1, 0.15) is 36.5 Å². The van der Waals surface area contributed by atoms with Crippen molar-refractivity contribution in [3.8, 4) is 28.7 Å². The van der Waals surface area contributed by atoms with Crippen molar-refractivity contribution in [2.75, 3.05) is 13.2 Å². The summed E-state index contributed by atoms with van der Waals surface area (Å²) in [4.78, 5) is 33.7. The number of amides is 3. The van der Waals surface area contributed by atoms with E-state index >= 15 is 0 Å². The van der Waals surface area contributed by atoms with E-state index in [0.29, 0.717) is 59.9 Å². The standard InChI is InChI=1S/C46H48Cl2N4O6/c1-6-46(4,5)51-45(54)52-25-34-24-42-41(56-27-43(58-42)32-10-14-35(15-11-32)55-26-31-9-16-37(47)38(48)21-31)23-33(34)22-39(52)44(53)50-19-17-30-7-12-36(13-8-30)57-40-18-20-49-29(3)28(40)2/h7-16,18,20-21,23-24,39,43H,6,17,19,22,25-27H2,1-5H3,(H,50,53)(H,51,54)/t39-,43+/m0/s1. The van der Waals surface area contributed by atoms with E-state index in [2.05, 4.69) is 15.6 Å². The maximum atomic E-state index is 13.9. The zero-order valence-electron chi connectivity index (χ0n) is 33.4. The highest BCUT2D eigenvalue weighted by molar-refractivity contribution is 6.42. The van der Waals surface area contributed by atoms with Crippen LogP contribution in [0, 0.1) is 13.8 Å². The minimum atomic E-state index is -0.712. The Balaban J connectivity index is 0.998. The van der Waals surface area contributed by atoms with E-state index in [0.717, 1.165) is 57.0 Å². The van der Waals surface area contributed by atoms with E-state index in [9.17, 15) is 9.59 Å². The molecule has 0 radical (unpaired) electrons. The van der Waals surface area contributed by atoms with Crippen LogP contribution >= 0.6 is 23.2 Å². The summed E-state index contributed by atoms with van der Waals surface area (Å²) in [6.07, 6.45) is 3.08. The minimum absolute atomic E-state index is 0.210. The molecule has 0 unspecified atom stereocenters. The summed E-state index contributed by atoms with van der Waals surface area (Å²) in [5.74, 6) is 3.20. The zero-order valence-corrected chi connectivity index (χ0v) is 34.9. The van der Waals surface area contributed by atoms with Gasteiger partial charge in [-0.1, -0.05) is 60.5 Å². The van der Waals surface area contributed by atoms with Crippen molar-refractivity contribution >= 4 is 35.1 Å². The number of aromatic nitrogens is 1. The molecule has 0 spiro atoms. The van der Waals surface area contributed by atoms with Crippen molar-refractivity contribution in [3.05, 3.63) is 140 Å². The molecule has 302 valence electrons. The predicted molar refractivity (Wildman–Crippen MR) is 225 cm³/mol. The summed E-state index contributed by atoms with van der Waals surface area (Å²) in [6.45, 7) is 11.2. The van der Waals surface area contributed by atoms with Gasteiger partial charge in [0.05, 0.1) is 10.0 Å². The molecule has 2 N–H and O–H groups in total. The van der Waals surface area contributed by atoms with Gasteiger partial charge >= 0.3 is 6.03 Å². The molecule has 58 heavy (non-hydrogen) atoms. The van der Waals surface area contributed by atoms with E-state index in [4.69, 9.17) is 42.1 Å². The molecule has 0 saturated heterocycles. The molecule has 3 heterocycles. The average Bonchev–Trinajstić information content (AvgIpc) is 3.22. The maximum Gasteiger partial charge on any atom is 0.318 e. The molecule has 2 aliphatic rings. The van der Waals surface area contributed by atoms with Gasteiger partial charge in [0.25, 0.3) is 0 Å². The Morgan fingerprint density at radius 1 is 0.897 bits per heavy atom. The van der Waals surface area contributed by atoms with Crippen molar-refractivity contribution in [1.82, 2.24) is 20.5 Å². The molecule has 12 heteroatoms. The van der Waals surface area contributed by atoms with Gasteiger partial charge in [-0.2, -0.15) is 0 Å². The molecular weight excluding hydrogens is 775 g/mol. The molecule has 0 aliphatic carbocycles. The lowest BCUT2D eigenvalue weighted by atomic mass is 9.92. The lowest BCUT2D eigenvalue weighted by molar-refractivity contribution is -0.126. The van der Waals surface area contributed by atoms with Crippen LogP contribution in [0.2, 0.25) is 10.0 Å². The van der Waals surface area contributed by atoms with Gasteiger partial charge < -0.3 is 34.5 Å². The Bertz CT molecular complexity index is 2280. The van der Waals surface area contributed by atoms with Crippen molar-refractivity contribution in [1.29, 1.82) is 0 Å². The van der Waals surface area contributed by atoms with Gasteiger partial charge in [-0.3, -0.25) is 9.78 Å². The predicted octanol–water partition coefficient (Wildman–Crippen LogP) is 9.87. The van der Waals surface area contributed by atoms with E-state index in [1.165, 1.54) is 0 Å². The molecule has 2 atom stereocenters. The summed E-state index contributed by atoms with van der Waals surface area (Å²) in [5, 5.41) is 7.22. The second-order valence-corrected chi connectivity index (χ2v) is 16.2. The molecule has 5 aromatic rings. The molecule has 0 fully saturated rings. The Morgan fingerprint density at radius 2 is 1.62 bits per heavy atom. The number of benzene rings is 4. The molecule has 0 saturated carbocycles. The third kappa shape index (κ3) is 9.63. The quantitative estimate of drug-likeness (QED) is 0.129. The summed E-state index contributed by atoms with van der Waals surface area (Å²) in [5.41, 5.74) is 6.22. The first-order chi connectivity index (χ1) is 27.9. The topological polar surface area (TPSA) is 111 Å². The van der Waals surface area contributed by atoms with Crippen LogP contribution in [0.3, 0.4) is 0 Å². The van der Waals surface area contributed by atoms with E-state index < -0.39 is 11.6 Å². The molecule has 0 bridgehead atoms. The number of fused-ring (bicyclic) bond motifs is 2. The summed E-state index contributed by atoms with van der Waals surface area (Å²) in [7, 11) is 0. The Morgan fingerprint density at radius 3 is 2.36 bits per heavy atom. The lowest BCUT2D eigenvalue weighted by Crippen LogP contribution is -2.58. The van der Waals surface area contributed by atoms with Crippen LogP contribution in [0.1, 0.15) is 72.4 Å². The van der Waals surface area contributed by atoms with E-state index in [1.54, 1.807) is 23.2 Å². The number of aryl methyl sites for hydroxylation is 1. The van der Waals surface area contributed by atoms with Crippen LogP contribution in [0.25, 0.3) is 0 Å². The highest BCUT2D eigenvalue weighted by Gasteiger charge is 2.37. The van der Waals surface area contributed by atoms with Crippen molar-refractivity contribution < 1.29 is 28.5 Å². The van der Waals surface area contributed by atoms with Crippen LogP contribution < -0.4 is 29.6 Å². The number of hydrogen-bond acceptors (Lipinski definition) is 7. The summed E-state index contributed by atoms with van der Waals surface area (Å²) < 4.78 is 24.8. The van der Waals surface area contributed by atoms with Gasteiger partial charge in [-0.15, -0.1) is 0 Å².